The molecule has 2 rings (SSSR count). The summed E-state index contributed by atoms with van der Waals surface area (Å²) < 4.78 is 0. The van der Waals surface area contributed by atoms with Crippen LogP contribution in [0.25, 0.3) is 11.1 Å². The number of carbonyl (C=O) groups is 1. The second-order valence-electron chi connectivity index (χ2n) is 4.41. The van der Waals surface area contributed by atoms with E-state index in [4.69, 9.17) is 5.11 Å². The highest BCUT2D eigenvalue weighted by Crippen LogP contribution is 2.27. The summed E-state index contributed by atoms with van der Waals surface area (Å²) in [4.78, 5) is 10.8. The first-order chi connectivity index (χ1) is 8.47. The molecule has 0 saturated heterocycles. The van der Waals surface area contributed by atoms with E-state index in [0.717, 1.165) is 22.3 Å². The molecule has 2 aromatic carbocycles. The molecule has 92 valence electrons. The maximum atomic E-state index is 10.8. The Morgan fingerprint density at radius 3 is 2.06 bits per heavy atom. The average molecular weight is 242 g/mol. The molecule has 0 radical (unpaired) electrons. The second kappa shape index (κ2) is 4.53. The molecule has 0 heterocycles. The van der Waals surface area contributed by atoms with Gasteiger partial charge >= 0.3 is 5.97 Å². The standard InChI is InChI=1S/C15H14O3/c1-9-5-10(2)7-12(6-9)11-3-4-13(15(17)18)14(16)8-11/h3-8,16H,1-2H3,(H,17,18). The maximum Gasteiger partial charge on any atom is 0.339 e. The zero-order chi connectivity index (χ0) is 13.3. The summed E-state index contributed by atoms with van der Waals surface area (Å²) in [5, 5.41) is 18.5. The zero-order valence-electron chi connectivity index (χ0n) is 10.3. The normalized spacial score (nSPS) is 10.3. The molecule has 0 amide bonds. The molecule has 0 spiro atoms. The molecule has 0 aliphatic carbocycles. The molecule has 0 bridgehead atoms. The third-order valence-electron chi connectivity index (χ3n) is 2.78. The van der Waals surface area contributed by atoms with Gasteiger partial charge in [0.2, 0.25) is 0 Å². The van der Waals surface area contributed by atoms with Gasteiger partial charge in [-0.2, -0.15) is 0 Å². The van der Waals surface area contributed by atoms with Gasteiger partial charge in [-0.1, -0.05) is 35.4 Å². The van der Waals surface area contributed by atoms with Crippen LogP contribution in [-0.2, 0) is 0 Å². The van der Waals surface area contributed by atoms with Crippen molar-refractivity contribution in [2.75, 3.05) is 0 Å². The van der Waals surface area contributed by atoms with Gasteiger partial charge in [-0.05, 0) is 37.1 Å². The monoisotopic (exact) mass is 242 g/mol. The van der Waals surface area contributed by atoms with Gasteiger partial charge in [0.05, 0.1) is 0 Å². The number of aryl methyl sites for hydroxylation is 2. The van der Waals surface area contributed by atoms with E-state index in [0.29, 0.717) is 0 Å². The van der Waals surface area contributed by atoms with Gasteiger partial charge in [0.25, 0.3) is 0 Å². The van der Waals surface area contributed by atoms with Crippen molar-refractivity contribution in [2.24, 2.45) is 0 Å². The molecule has 2 N–H and O–H groups in total. The number of carboxylic acids is 1. The molecular formula is C15H14O3. The Kier molecular flexibility index (Phi) is 3.06. The highest BCUT2D eigenvalue weighted by atomic mass is 16.4. The van der Waals surface area contributed by atoms with Gasteiger partial charge in [-0.3, -0.25) is 0 Å². The number of aromatic hydroxyl groups is 1. The van der Waals surface area contributed by atoms with E-state index in [2.05, 4.69) is 6.07 Å². The van der Waals surface area contributed by atoms with Crippen LogP contribution in [0.1, 0.15) is 21.5 Å². The van der Waals surface area contributed by atoms with Crippen LogP contribution in [0.3, 0.4) is 0 Å². The van der Waals surface area contributed by atoms with Crippen molar-refractivity contribution >= 4 is 5.97 Å². The topological polar surface area (TPSA) is 57.5 Å². The SMILES string of the molecule is Cc1cc(C)cc(-c2ccc(C(=O)O)c(O)c2)c1. The van der Waals surface area contributed by atoms with Crippen LogP contribution in [0.2, 0.25) is 0 Å². The van der Waals surface area contributed by atoms with E-state index in [1.54, 1.807) is 6.07 Å². The number of rotatable bonds is 2. The highest BCUT2D eigenvalue weighted by molar-refractivity contribution is 5.91. The van der Waals surface area contributed by atoms with Crippen molar-refractivity contribution in [1.29, 1.82) is 0 Å². The fourth-order valence-corrected chi connectivity index (χ4v) is 2.03. The van der Waals surface area contributed by atoms with Gasteiger partial charge in [-0.15, -0.1) is 0 Å². The molecule has 3 heteroatoms. The number of benzene rings is 2. The zero-order valence-corrected chi connectivity index (χ0v) is 10.3. The number of aromatic carboxylic acids is 1. The maximum absolute atomic E-state index is 10.8. The first kappa shape index (κ1) is 12.2. The Bertz CT molecular complexity index is 595. The molecule has 18 heavy (non-hydrogen) atoms. The summed E-state index contributed by atoms with van der Waals surface area (Å²) in [6.45, 7) is 4.00. The van der Waals surface area contributed by atoms with E-state index in [1.807, 2.05) is 26.0 Å². The Morgan fingerprint density at radius 1 is 0.944 bits per heavy atom. The molecule has 0 aliphatic rings. The van der Waals surface area contributed by atoms with E-state index in [-0.39, 0.29) is 11.3 Å². The largest absolute Gasteiger partial charge is 0.507 e. The minimum atomic E-state index is -1.13. The van der Waals surface area contributed by atoms with Crippen molar-refractivity contribution < 1.29 is 15.0 Å². The van der Waals surface area contributed by atoms with Gasteiger partial charge in [-0.25, -0.2) is 4.79 Å². The Morgan fingerprint density at radius 2 is 1.56 bits per heavy atom. The number of hydrogen-bond acceptors (Lipinski definition) is 2. The fourth-order valence-electron chi connectivity index (χ4n) is 2.03. The predicted octanol–water partition coefficient (Wildman–Crippen LogP) is 3.37. The quantitative estimate of drug-likeness (QED) is 0.848. The third kappa shape index (κ3) is 2.35. The lowest BCUT2D eigenvalue weighted by Gasteiger charge is -2.07. The second-order valence-corrected chi connectivity index (χ2v) is 4.41. The van der Waals surface area contributed by atoms with E-state index >= 15 is 0 Å². The van der Waals surface area contributed by atoms with Crippen LogP contribution >= 0.6 is 0 Å². The first-order valence-corrected chi connectivity index (χ1v) is 5.62. The van der Waals surface area contributed by atoms with Crippen LogP contribution in [0.5, 0.6) is 5.75 Å². The lowest BCUT2D eigenvalue weighted by Crippen LogP contribution is -1.96. The van der Waals surface area contributed by atoms with E-state index in [9.17, 15) is 9.90 Å². The molecule has 3 nitrogen and oxygen atoms in total. The third-order valence-corrected chi connectivity index (χ3v) is 2.78. The molecule has 0 aliphatic heterocycles. The van der Waals surface area contributed by atoms with Crippen molar-refractivity contribution in [1.82, 2.24) is 0 Å². The van der Waals surface area contributed by atoms with Gasteiger partial charge in [0, 0.05) is 0 Å². The summed E-state index contributed by atoms with van der Waals surface area (Å²) >= 11 is 0. The highest BCUT2D eigenvalue weighted by Gasteiger charge is 2.10. The summed E-state index contributed by atoms with van der Waals surface area (Å²) in [7, 11) is 0. The number of carboxylic acid groups (broad SMARTS) is 1. The van der Waals surface area contributed by atoms with Crippen molar-refractivity contribution in [3.8, 4) is 16.9 Å². The Balaban J connectivity index is 2.52. The van der Waals surface area contributed by atoms with Gasteiger partial charge in [0.1, 0.15) is 11.3 Å². The van der Waals surface area contributed by atoms with Gasteiger partial charge < -0.3 is 10.2 Å². The lowest BCUT2D eigenvalue weighted by molar-refractivity contribution is 0.0694. The Labute approximate surface area is 105 Å². The molecule has 2 aromatic rings. The molecule has 0 saturated carbocycles. The van der Waals surface area contributed by atoms with E-state index < -0.39 is 5.97 Å². The summed E-state index contributed by atoms with van der Waals surface area (Å²) in [6.07, 6.45) is 0. The number of phenols is 1. The predicted molar refractivity (Wildman–Crippen MR) is 70.0 cm³/mol. The van der Waals surface area contributed by atoms with Crippen molar-refractivity contribution in [2.45, 2.75) is 13.8 Å². The molecule has 0 atom stereocenters. The van der Waals surface area contributed by atoms with Gasteiger partial charge in [0.15, 0.2) is 0 Å². The minimum absolute atomic E-state index is 0.0804. The fraction of sp³-hybridized carbons (Fsp3) is 0.133. The molecular weight excluding hydrogens is 228 g/mol. The smallest absolute Gasteiger partial charge is 0.339 e. The van der Waals surface area contributed by atoms with Crippen LogP contribution < -0.4 is 0 Å². The van der Waals surface area contributed by atoms with Crippen LogP contribution in [0.4, 0.5) is 0 Å². The average Bonchev–Trinajstić information content (AvgIpc) is 2.26. The summed E-state index contributed by atoms with van der Waals surface area (Å²) in [6, 6.07) is 10.7. The molecule has 0 aromatic heterocycles. The van der Waals surface area contributed by atoms with Crippen molar-refractivity contribution in [3.63, 3.8) is 0 Å². The van der Waals surface area contributed by atoms with Crippen LogP contribution in [-0.4, -0.2) is 16.2 Å². The lowest BCUT2D eigenvalue weighted by atomic mass is 9.99. The summed E-state index contributed by atoms with van der Waals surface area (Å²) in [5.74, 6) is -1.33. The number of hydrogen-bond donors (Lipinski definition) is 2. The van der Waals surface area contributed by atoms with E-state index in [1.165, 1.54) is 12.1 Å². The molecule has 0 unspecified atom stereocenters. The van der Waals surface area contributed by atoms with Crippen LogP contribution in [0.15, 0.2) is 36.4 Å². The summed E-state index contributed by atoms with van der Waals surface area (Å²) in [5.41, 5.74) is 3.96. The Hall–Kier alpha value is -2.29. The molecule has 0 fully saturated rings. The van der Waals surface area contributed by atoms with Crippen LogP contribution in [0, 0.1) is 13.8 Å². The minimum Gasteiger partial charge on any atom is -0.507 e. The van der Waals surface area contributed by atoms with Crippen molar-refractivity contribution in [3.05, 3.63) is 53.1 Å². The first-order valence-electron chi connectivity index (χ1n) is 5.62.